The predicted molar refractivity (Wildman–Crippen MR) is 72.8 cm³/mol. The van der Waals surface area contributed by atoms with Gasteiger partial charge >= 0.3 is 0 Å². The minimum absolute atomic E-state index is 0.226. The van der Waals surface area contributed by atoms with Crippen molar-refractivity contribution in [3.63, 3.8) is 0 Å². The quantitative estimate of drug-likeness (QED) is 0.810. The van der Waals surface area contributed by atoms with Crippen molar-refractivity contribution in [3.8, 4) is 5.75 Å². The first-order valence-electron chi connectivity index (χ1n) is 6.54. The van der Waals surface area contributed by atoms with Crippen LogP contribution < -0.4 is 4.74 Å². The van der Waals surface area contributed by atoms with Crippen LogP contribution in [-0.2, 0) is 4.74 Å². The molecule has 0 aliphatic carbocycles. The second kappa shape index (κ2) is 7.39. The van der Waals surface area contributed by atoms with Crippen LogP contribution in [0.3, 0.4) is 0 Å². The molecule has 1 N–H and O–H groups in total. The first-order chi connectivity index (χ1) is 8.61. The summed E-state index contributed by atoms with van der Waals surface area (Å²) in [6, 6.07) is 7.61. The topological polar surface area (TPSA) is 38.7 Å². The minimum Gasteiger partial charge on any atom is -0.493 e. The molecule has 0 saturated heterocycles. The van der Waals surface area contributed by atoms with Crippen LogP contribution in [0.4, 0.5) is 0 Å². The van der Waals surface area contributed by atoms with Crippen LogP contribution in [0.15, 0.2) is 24.3 Å². The monoisotopic (exact) mass is 252 g/mol. The zero-order valence-electron chi connectivity index (χ0n) is 11.7. The summed E-state index contributed by atoms with van der Waals surface area (Å²) in [6.07, 6.45) is 0.0573. The van der Waals surface area contributed by atoms with Crippen LogP contribution in [-0.4, -0.2) is 24.9 Å². The molecule has 2 atom stereocenters. The van der Waals surface area contributed by atoms with E-state index in [1.54, 1.807) is 7.11 Å². The summed E-state index contributed by atoms with van der Waals surface area (Å²) in [4.78, 5) is 0. The zero-order chi connectivity index (χ0) is 13.5. The molecular weight excluding hydrogens is 228 g/mol. The summed E-state index contributed by atoms with van der Waals surface area (Å²) in [5, 5.41) is 10.4. The van der Waals surface area contributed by atoms with Crippen molar-refractivity contribution in [3.05, 3.63) is 29.8 Å². The lowest BCUT2D eigenvalue weighted by Gasteiger charge is -2.26. The maximum Gasteiger partial charge on any atom is 0.125 e. The van der Waals surface area contributed by atoms with Gasteiger partial charge in [0.2, 0.25) is 0 Å². The second-order valence-electron chi connectivity index (χ2n) is 4.78. The fourth-order valence-electron chi connectivity index (χ4n) is 2.01. The molecule has 0 spiro atoms. The molecule has 0 aliphatic heterocycles. The lowest BCUT2D eigenvalue weighted by atomic mass is 9.95. The number of benzene rings is 1. The molecule has 1 aromatic rings. The fraction of sp³-hybridized carbons (Fsp3) is 0.600. The number of ether oxygens (including phenoxy) is 2. The standard InChI is InChI=1S/C15H24O3/c1-5-10-18-13-9-7-6-8-12(13)14(16)15(17-4)11(2)3/h6-9,11,14-16H,5,10H2,1-4H3. The van der Waals surface area contributed by atoms with Gasteiger partial charge < -0.3 is 14.6 Å². The molecule has 0 bridgehead atoms. The Balaban J connectivity index is 2.92. The van der Waals surface area contributed by atoms with Gasteiger partial charge in [-0.1, -0.05) is 39.0 Å². The number of aliphatic hydroxyl groups is 1. The summed E-state index contributed by atoms with van der Waals surface area (Å²) in [6.45, 7) is 6.79. The second-order valence-corrected chi connectivity index (χ2v) is 4.78. The number of hydrogen-bond acceptors (Lipinski definition) is 3. The molecule has 0 amide bonds. The molecule has 0 aliphatic rings. The van der Waals surface area contributed by atoms with E-state index in [1.807, 2.05) is 38.1 Å². The molecule has 0 radical (unpaired) electrons. The van der Waals surface area contributed by atoms with Crippen LogP contribution >= 0.6 is 0 Å². The number of methoxy groups -OCH3 is 1. The first kappa shape index (κ1) is 15.0. The zero-order valence-corrected chi connectivity index (χ0v) is 11.7. The maximum absolute atomic E-state index is 10.4. The third kappa shape index (κ3) is 3.72. The number of hydrogen-bond donors (Lipinski definition) is 1. The smallest absolute Gasteiger partial charge is 0.125 e. The third-order valence-electron chi connectivity index (χ3n) is 2.94. The summed E-state index contributed by atoms with van der Waals surface area (Å²) < 4.78 is 11.0. The summed E-state index contributed by atoms with van der Waals surface area (Å²) in [5.41, 5.74) is 0.798. The van der Waals surface area contributed by atoms with Crippen molar-refractivity contribution in [2.75, 3.05) is 13.7 Å². The minimum atomic E-state index is -0.664. The molecule has 3 nitrogen and oxygen atoms in total. The molecule has 0 fully saturated rings. The van der Waals surface area contributed by atoms with E-state index < -0.39 is 6.10 Å². The Labute approximate surface area is 110 Å². The average Bonchev–Trinajstić information content (AvgIpc) is 2.37. The van der Waals surface area contributed by atoms with Gasteiger partial charge in [-0.25, -0.2) is 0 Å². The van der Waals surface area contributed by atoms with E-state index in [4.69, 9.17) is 9.47 Å². The SMILES string of the molecule is CCCOc1ccccc1C(O)C(OC)C(C)C. The fourth-order valence-corrected chi connectivity index (χ4v) is 2.01. The third-order valence-corrected chi connectivity index (χ3v) is 2.94. The van der Waals surface area contributed by atoms with Crippen LogP contribution in [0.1, 0.15) is 38.9 Å². The van der Waals surface area contributed by atoms with E-state index in [0.717, 1.165) is 17.7 Å². The van der Waals surface area contributed by atoms with E-state index in [9.17, 15) is 5.11 Å². The highest BCUT2D eigenvalue weighted by Gasteiger charge is 2.26. The predicted octanol–water partition coefficient (Wildman–Crippen LogP) is 3.18. The molecule has 1 aromatic carbocycles. The van der Waals surface area contributed by atoms with E-state index in [-0.39, 0.29) is 12.0 Å². The number of para-hydroxylation sites is 1. The molecule has 0 aromatic heterocycles. The van der Waals surface area contributed by atoms with Gasteiger partial charge in [0, 0.05) is 12.7 Å². The summed E-state index contributed by atoms with van der Waals surface area (Å²) in [5.74, 6) is 0.985. The van der Waals surface area contributed by atoms with Gasteiger partial charge in [0.25, 0.3) is 0 Å². The highest BCUT2D eigenvalue weighted by molar-refractivity contribution is 5.35. The van der Waals surface area contributed by atoms with Gasteiger partial charge in [-0.05, 0) is 18.4 Å². The summed E-state index contributed by atoms with van der Waals surface area (Å²) in [7, 11) is 1.63. The van der Waals surface area contributed by atoms with Crippen molar-refractivity contribution in [2.24, 2.45) is 5.92 Å². The molecule has 0 saturated carbocycles. The van der Waals surface area contributed by atoms with Crippen molar-refractivity contribution in [1.82, 2.24) is 0 Å². The Morgan fingerprint density at radius 3 is 2.44 bits per heavy atom. The van der Waals surface area contributed by atoms with Crippen molar-refractivity contribution >= 4 is 0 Å². The summed E-state index contributed by atoms with van der Waals surface area (Å²) >= 11 is 0. The molecule has 18 heavy (non-hydrogen) atoms. The van der Waals surface area contributed by atoms with Gasteiger partial charge in [0.15, 0.2) is 0 Å². The molecule has 102 valence electrons. The van der Waals surface area contributed by atoms with Crippen LogP contribution in [0.25, 0.3) is 0 Å². The van der Waals surface area contributed by atoms with Gasteiger partial charge in [0.05, 0.1) is 12.7 Å². The first-order valence-corrected chi connectivity index (χ1v) is 6.54. The van der Waals surface area contributed by atoms with Gasteiger partial charge in [-0.15, -0.1) is 0 Å². The Bertz CT molecular complexity index is 349. The van der Waals surface area contributed by atoms with Crippen LogP contribution in [0.2, 0.25) is 0 Å². The average molecular weight is 252 g/mol. The van der Waals surface area contributed by atoms with Crippen LogP contribution in [0, 0.1) is 5.92 Å². The van der Waals surface area contributed by atoms with Crippen molar-refractivity contribution < 1.29 is 14.6 Å². The van der Waals surface area contributed by atoms with Crippen LogP contribution in [0.5, 0.6) is 5.75 Å². The van der Waals surface area contributed by atoms with Crippen molar-refractivity contribution in [1.29, 1.82) is 0 Å². The van der Waals surface area contributed by atoms with Gasteiger partial charge in [-0.3, -0.25) is 0 Å². The van der Waals surface area contributed by atoms with Gasteiger partial charge in [0.1, 0.15) is 11.9 Å². The number of rotatable bonds is 7. The molecule has 0 heterocycles. The Hall–Kier alpha value is -1.06. The molecule has 1 rings (SSSR count). The largest absolute Gasteiger partial charge is 0.493 e. The van der Waals surface area contributed by atoms with E-state index in [1.165, 1.54) is 0 Å². The highest BCUT2D eigenvalue weighted by atomic mass is 16.5. The number of aliphatic hydroxyl groups excluding tert-OH is 1. The lowest BCUT2D eigenvalue weighted by Crippen LogP contribution is -2.26. The lowest BCUT2D eigenvalue weighted by molar-refractivity contribution is -0.0400. The Morgan fingerprint density at radius 2 is 1.89 bits per heavy atom. The molecular formula is C15H24O3. The Morgan fingerprint density at radius 1 is 1.22 bits per heavy atom. The van der Waals surface area contributed by atoms with E-state index in [0.29, 0.717) is 6.61 Å². The van der Waals surface area contributed by atoms with Crippen molar-refractivity contribution in [2.45, 2.75) is 39.4 Å². The molecule has 3 heteroatoms. The highest BCUT2D eigenvalue weighted by Crippen LogP contribution is 2.31. The van der Waals surface area contributed by atoms with E-state index >= 15 is 0 Å². The Kier molecular flexibility index (Phi) is 6.16. The van der Waals surface area contributed by atoms with E-state index in [2.05, 4.69) is 6.92 Å². The normalized spacial score (nSPS) is 14.6. The maximum atomic E-state index is 10.4. The molecule has 2 unspecified atom stereocenters. The van der Waals surface area contributed by atoms with Gasteiger partial charge in [-0.2, -0.15) is 0 Å².